The number of carbonyl (C=O) groups excluding carboxylic acids is 2. The molecule has 2 N–H and O–H groups in total. The van der Waals surface area contributed by atoms with Crippen molar-refractivity contribution in [2.24, 2.45) is 0 Å². The summed E-state index contributed by atoms with van der Waals surface area (Å²) in [7, 11) is 0. The topological polar surface area (TPSA) is 93.6 Å². The van der Waals surface area contributed by atoms with Crippen molar-refractivity contribution in [1.29, 1.82) is 0 Å². The van der Waals surface area contributed by atoms with E-state index in [4.69, 9.17) is 5.73 Å². The number of nitrogen functional groups attached to an aromatic ring is 1. The SMILES string of the molecule is Nc1ncnn2c(C=O)c(CN3CCCC(=O)C3)cc12. The number of likely N-dealkylation sites (tertiary alicyclic amines) is 1. The number of nitrogens with two attached hydrogens (primary N) is 1. The van der Waals surface area contributed by atoms with Crippen LogP contribution in [0.3, 0.4) is 0 Å². The fourth-order valence-electron chi connectivity index (χ4n) is 2.61. The molecular weight excluding hydrogens is 258 g/mol. The van der Waals surface area contributed by atoms with Crippen LogP contribution >= 0.6 is 0 Å². The predicted molar refractivity (Wildman–Crippen MR) is 72.3 cm³/mol. The maximum Gasteiger partial charge on any atom is 0.168 e. The fourth-order valence-corrected chi connectivity index (χ4v) is 2.61. The van der Waals surface area contributed by atoms with Crippen LogP contribution in [0.4, 0.5) is 5.82 Å². The highest BCUT2D eigenvalue weighted by atomic mass is 16.1. The van der Waals surface area contributed by atoms with Gasteiger partial charge < -0.3 is 5.73 Å². The second kappa shape index (κ2) is 5.01. The van der Waals surface area contributed by atoms with Crippen LogP contribution in [-0.4, -0.2) is 44.7 Å². The highest BCUT2D eigenvalue weighted by Crippen LogP contribution is 2.20. The summed E-state index contributed by atoms with van der Waals surface area (Å²) >= 11 is 0. The number of aldehydes is 1. The Morgan fingerprint density at radius 1 is 1.45 bits per heavy atom. The maximum atomic E-state index is 11.5. The number of hydrogen-bond acceptors (Lipinski definition) is 6. The monoisotopic (exact) mass is 273 g/mol. The van der Waals surface area contributed by atoms with Crippen molar-refractivity contribution < 1.29 is 9.59 Å². The lowest BCUT2D eigenvalue weighted by Gasteiger charge is -2.25. The largest absolute Gasteiger partial charge is 0.382 e. The van der Waals surface area contributed by atoms with E-state index in [1.807, 2.05) is 11.0 Å². The Balaban J connectivity index is 1.96. The van der Waals surface area contributed by atoms with Crippen molar-refractivity contribution in [2.45, 2.75) is 19.4 Å². The summed E-state index contributed by atoms with van der Waals surface area (Å²) in [5, 5.41) is 4.05. The molecule has 0 atom stereocenters. The van der Waals surface area contributed by atoms with Gasteiger partial charge in [0.1, 0.15) is 23.3 Å². The highest BCUT2D eigenvalue weighted by Gasteiger charge is 2.20. The molecule has 2 aromatic rings. The highest BCUT2D eigenvalue weighted by molar-refractivity contribution is 5.82. The van der Waals surface area contributed by atoms with Gasteiger partial charge in [0.25, 0.3) is 0 Å². The van der Waals surface area contributed by atoms with Gasteiger partial charge in [0.05, 0.1) is 6.54 Å². The van der Waals surface area contributed by atoms with Crippen LogP contribution in [-0.2, 0) is 11.3 Å². The van der Waals surface area contributed by atoms with Gasteiger partial charge >= 0.3 is 0 Å². The first-order valence-corrected chi connectivity index (χ1v) is 6.49. The summed E-state index contributed by atoms with van der Waals surface area (Å²) in [5.74, 6) is 0.580. The minimum atomic E-state index is 0.243. The Hall–Kier alpha value is -2.28. The maximum absolute atomic E-state index is 11.5. The summed E-state index contributed by atoms with van der Waals surface area (Å²) in [6.45, 7) is 1.84. The van der Waals surface area contributed by atoms with Gasteiger partial charge in [0.15, 0.2) is 12.1 Å². The van der Waals surface area contributed by atoms with E-state index in [0.717, 1.165) is 24.8 Å². The van der Waals surface area contributed by atoms with E-state index in [1.165, 1.54) is 10.8 Å². The van der Waals surface area contributed by atoms with Crippen LogP contribution < -0.4 is 5.73 Å². The zero-order valence-electron chi connectivity index (χ0n) is 11.0. The van der Waals surface area contributed by atoms with E-state index < -0.39 is 0 Å². The molecule has 1 aliphatic rings. The van der Waals surface area contributed by atoms with Gasteiger partial charge in [-0.1, -0.05) is 0 Å². The zero-order chi connectivity index (χ0) is 14.1. The summed E-state index contributed by atoms with van der Waals surface area (Å²) < 4.78 is 1.50. The molecule has 1 saturated heterocycles. The molecule has 3 rings (SSSR count). The third-order valence-electron chi connectivity index (χ3n) is 3.56. The van der Waals surface area contributed by atoms with Crippen molar-refractivity contribution in [2.75, 3.05) is 18.8 Å². The van der Waals surface area contributed by atoms with Crippen molar-refractivity contribution in [3.8, 4) is 0 Å². The predicted octanol–water partition coefficient (Wildman–Crippen LogP) is 0.289. The Kier molecular flexibility index (Phi) is 3.19. The molecule has 0 aliphatic carbocycles. The van der Waals surface area contributed by atoms with E-state index >= 15 is 0 Å². The Morgan fingerprint density at radius 3 is 3.05 bits per heavy atom. The van der Waals surface area contributed by atoms with Gasteiger partial charge in [-0.25, -0.2) is 9.50 Å². The van der Waals surface area contributed by atoms with Gasteiger partial charge in [-0.2, -0.15) is 5.10 Å². The van der Waals surface area contributed by atoms with E-state index in [1.54, 1.807) is 0 Å². The molecule has 0 aromatic carbocycles. The minimum Gasteiger partial charge on any atom is -0.382 e. The van der Waals surface area contributed by atoms with Gasteiger partial charge in [-0.15, -0.1) is 0 Å². The molecule has 0 spiro atoms. The first-order chi connectivity index (χ1) is 9.69. The number of aromatic nitrogens is 3. The number of rotatable bonds is 3. The second-order valence-corrected chi connectivity index (χ2v) is 4.97. The molecule has 104 valence electrons. The zero-order valence-corrected chi connectivity index (χ0v) is 11.0. The van der Waals surface area contributed by atoms with Crippen LogP contribution in [0, 0.1) is 0 Å². The molecular formula is C13H15N5O2. The number of Topliss-reactive ketones (excluding diaryl/α,β-unsaturated/α-hetero) is 1. The smallest absolute Gasteiger partial charge is 0.168 e. The fraction of sp³-hybridized carbons (Fsp3) is 0.385. The van der Waals surface area contributed by atoms with Crippen LogP contribution in [0.15, 0.2) is 12.4 Å². The van der Waals surface area contributed by atoms with Gasteiger partial charge in [0.2, 0.25) is 0 Å². The van der Waals surface area contributed by atoms with Crippen LogP contribution in [0.25, 0.3) is 5.52 Å². The first kappa shape index (κ1) is 12.7. The van der Waals surface area contributed by atoms with Gasteiger partial charge in [-0.05, 0) is 24.6 Å². The summed E-state index contributed by atoms with van der Waals surface area (Å²) in [5.41, 5.74) is 7.70. The average molecular weight is 273 g/mol. The molecule has 0 saturated carbocycles. The lowest BCUT2D eigenvalue weighted by atomic mass is 10.1. The molecule has 1 aliphatic heterocycles. The molecule has 0 radical (unpaired) electrons. The number of piperidine rings is 1. The van der Waals surface area contributed by atoms with Gasteiger partial charge in [0, 0.05) is 13.0 Å². The molecule has 0 amide bonds. The Labute approximate surface area is 115 Å². The molecule has 1 fully saturated rings. The third kappa shape index (κ3) is 2.16. The van der Waals surface area contributed by atoms with Crippen LogP contribution in [0.5, 0.6) is 0 Å². The van der Waals surface area contributed by atoms with Crippen molar-refractivity contribution in [3.05, 3.63) is 23.7 Å². The molecule has 3 heterocycles. The average Bonchev–Trinajstić information content (AvgIpc) is 2.77. The normalized spacial score (nSPS) is 16.7. The lowest BCUT2D eigenvalue weighted by Crippen LogP contribution is -2.35. The molecule has 7 nitrogen and oxygen atoms in total. The number of nitrogens with zero attached hydrogens (tertiary/aromatic N) is 4. The van der Waals surface area contributed by atoms with Crippen molar-refractivity contribution in [3.63, 3.8) is 0 Å². The van der Waals surface area contributed by atoms with Crippen molar-refractivity contribution >= 4 is 23.4 Å². The van der Waals surface area contributed by atoms with Gasteiger partial charge in [-0.3, -0.25) is 14.5 Å². The number of fused-ring (bicyclic) bond motifs is 1. The molecule has 0 unspecified atom stereocenters. The van der Waals surface area contributed by atoms with Crippen LogP contribution in [0.2, 0.25) is 0 Å². The Bertz CT molecular complexity index is 679. The third-order valence-corrected chi connectivity index (χ3v) is 3.56. The molecule has 7 heteroatoms. The van der Waals surface area contributed by atoms with E-state index in [2.05, 4.69) is 10.1 Å². The number of hydrogen-bond donors (Lipinski definition) is 1. The number of ketones is 1. The van der Waals surface area contributed by atoms with E-state index in [9.17, 15) is 9.59 Å². The van der Waals surface area contributed by atoms with E-state index in [-0.39, 0.29) is 5.78 Å². The second-order valence-electron chi connectivity index (χ2n) is 4.97. The standard InChI is InChI=1S/C13H15N5O2/c14-13-11-4-9(5-17-3-1-2-10(20)6-17)12(7-19)18(11)16-8-15-13/h4,7-8H,1-3,5-6H2,(H2,14,15,16). The summed E-state index contributed by atoms with van der Waals surface area (Å²) in [6, 6.07) is 1.82. The van der Waals surface area contributed by atoms with Crippen molar-refractivity contribution in [1.82, 2.24) is 19.5 Å². The van der Waals surface area contributed by atoms with E-state index in [0.29, 0.717) is 36.5 Å². The quantitative estimate of drug-likeness (QED) is 0.808. The van der Waals surface area contributed by atoms with Crippen LogP contribution in [0.1, 0.15) is 28.9 Å². The molecule has 2 aromatic heterocycles. The number of carbonyl (C=O) groups is 2. The number of anilines is 1. The Morgan fingerprint density at radius 2 is 2.30 bits per heavy atom. The minimum absolute atomic E-state index is 0.243. The molecule has 20 heavy (non-hydrogen) atoms. The molecule has 0 bridgehead atoms. The first-order valence-electron chi connectivity index (χ1n) is 6.49. The summed E-state index contributed by atoms with van der Waals surface area (Å²) in [6.07, 6.45) is 3.60. The lowest BCUT2D eigenvalue weighted by molar-refractivity contribution is -0.122. The summed E-state index contributed by atoms with van der Waals surface area (Å²) in [4.78, 5) is 28.8.